The van der Waals surface area contributed by atoms with Gasteiger partial charge in [0, 0.05) is 22.0 Å². The van der Waals surface area contributed by atoms with Gasteiger partial charge in [-0.15, -0.1) is 0 Å². The smallest absolute Gasteiger partial charge is 0.241 e. The summed E-state index contributed by atoms with van der Waals surface area (Å²) in [6, 6.07) is 12.4. The molecule has 4 nitrogen and oxygen atoms in total. The first-order valence-corrected chi connectivity index (χ1v) is 9.22. The molecule has 0 heterocycles. The first-order chi connectivity index (χ1) is 9.94. The largest absolute Gasteiger partial charge is 0.326 e. The first kappa shape index (κ1) is 16.6. The molecule has 21 heavy (non-hydrogen) atoms. The number of nitrogens with one attached hydrogen (secondary N) is 1. The van der Waals surface area contributed by atoms with Crippen LogP contribution in [0.25, 0.3) is 0 Å². The average molecular weight is 434 g/mol. The predicted molar refractivity (Wildman–Crippen MR) is 90.2 cm³/mol. The highest BCUT2D eigenvalue weighted by Crippen LogP contribution is 2.25. The van der Waals surface area contributed by atoms with Gasteiger partial charge in [0.2, 0.25) is 10.0 Å². The van der Waals surface area contributed by atoms with Crippen LogP contribution in [0.2, 0.25) is 0 Å². The number of rotatable bonds is 5. The van der Waals surface area contributed by atoms with Crippen LogP contribution in [0.15, 0.2) is 56.3 Å². The summed E-state index contributed by atoms with van der Waals surface area (Å²) in [4.78, 5) is 0.205. The van der Waals surface area contributed by atoms with Gasteiger partial charge in [-0.3, -0.25) is 0 Å². The third-order valence-electron chi connectivity index (χ3n) is 2.97. The van der Waals surface area contributed by atoms with Gasteiger partial charge < -0.3 is 5.73 Å². The van der Waals surface area contributed by atoms with Crippen molar-refractivity contribution in [2.45, 2.75) is 18.0 Å². The second kappa shape index (κ2) is 7.02. The fraction of sp³-hybridized carbons (Fsp3) is 0.143. The number of hydrogen-bond donors (Lipinski definition) is 2. The molecule has 0 radical (unpaired) electrons. The van der Waals surface area contributed by atoms with Gasteiger partial charge in [-0.25, -0.2) is 13.1 Å². The van der Waals surface area contributed by atoms with Crippen molar-refractivity contribution in [3.05, 3.63) is 62.5 Å². The maximum atomic E-state index is 12.3. The van der Waals surface area contributed by atoms with Crippen molar-refractivity contribution in [1.29, 1.82) is 0 Å². The molecular formula is C14H14Br2N2O2S. The van der Waals surface area contributed by atoms with Gasteiger partial charge in [0.15, 0.2) is 0 Å². The van der Waals surface area contributed by atoms with E-state index in [1.165, 1.54) is 0 Å². The Balaban J connectivity index is 2.22. The molecule has 0 aliphatic rings. The van der Waals surface area contributed by atoms with Gasteiger partial charge in [0.05, 0.1) is 4.90 Å². The fourth-order valence-electron chi connectivity index (χ4n) is 1.87. The molecule has 3 N–H and O–H groups in total. The lowest BCUT2D eigenvalue weighted by Gasteiger charge is -2.11. The monoisotopic (exact) mass is 432 g/mol. The van der Waals surface area contributed by atoms with E-state index in [2.05, 4.69) is 36.6 Å². The maximum Gasteiger partial charge on any atom is 0.241 e. The fourth-order valence-corrected chi connectivity index (χ4v) is 4.62. The zero-order chi connectivity index (χ0) is 15.5. The van der Waals surface area contributed by atoms with E-state index in [0.29, 0.717) is 11.0 Å². The van der Waals surface area contributed by atoms with Gasteiger partial charge in [-0.2, -0.15) is 0 Å². The summed E-state index contributed by atoms with van der Waals surface area (Å²) in [5.74, 6) is 0. The minimum atomic E-state index is -3.59. The summed E-state index contributed by atoms with van der Waals surface area (Å²) in [6.07, 6.45) is 0. The maximum absolute atomic E-state index is 12.3. The molecule has 0 aliphatic heterocycles. The zero-order valence-electron chi connectivity index (χ0n) is 11.0. The zero-order valence-corrected chi connectivity index (χ0v) is 15.0. The van der Waals surface area contributed by atoms with E-state index >= 15 is 0 Å². The van der Waals surface area contributed by atoms with Gasteiger partial charge in [0.25, 0.3) is 0 Å². The number of sulfonamides is 1. The predicted octanol–water partition coefficient (Wildman–Crippen LogP) is 3.15. The molecule has 7 heteroatoms. The minimum Gasteiger partial charge on any atom is -0.326 e. The van der Waals surface area contributed by atoms with Gasteiger partial charge in [-0.05, 0) is 45.3 Å². The molecule has 0 bridgehead atoms. The first-order valence-electron chi connectivity index (χ1n) is 6.15. The van der Waals surface area contributed by atoms with Crippen molar-refractivity contribution in [3.8, 4) is 0 Å². The normalized spacial score (nSPS) is 11.6. The summed E-state index contributed by atoms with van der Waals surface area (Å²) in [5, 5.41) is 0. The average Bonchev–Trinajstić information content (AvgIpc) is 2.45. The van der Waals surface area contributed by atoms with Crippen molar-refractivity contribution in [1.82, 2.24) is 4.72 Å². The third kappa shape index (κ3) is 4.14. The molecule has 2 rings (SSSR count). The second-order valence-electron chi connectivity index (χ2n) is 4.37. The van der Waals surface area contributed by atoms with Crippen molar-refractivity contribution in [2.24, 2.45) is 5.73 Å². The summed E-state index contributed by atoms with van der Waals surface area (Å²) in [7, 11) is -3.59. The Morgan fingerprint density at radius 2 is 1.71 bits per heavy atom. The van der Waals surface area contributed by atoms with Gasteiger partial charge >= 0.3 is 0 Å². The number of benzene rings is 2. The van der Waals surface area contributed by atoms with E-state index in [9.17, 15) is 8.42 Å². The van der Waals surface area contributed by atoms with Crippen LogP contribution in [0.3, 0.4) is 0 Å². The summed E-state index contributed by atoms with van der Waals surface area (Å²) in [5.41, 5.74) is 7.45. The van der Waals surface area contributed by atoms with Crippen LogP contribution in [0, 0.1) is 0 Å². The third-order valence-corrected chi connectivity index (χ3v) is 5.85. The van der Waals surface area contributed by atoms with Crippen LogP contribution in [-0.4, -0.2) is 8.42 Å². The molecule has 0 aromatic heterocycles. The highest BCUT2D eigenvalue weighted by Gasteiger charge is 2.17. The number of hydrogen-bond acceptors (Lipinski definition) is 3. The lowest BCUT2D eigenvalue weighted by atomic mass is 10.1. The highest BCUT2D eigenvalue weighted by molar-refractivity contribution is 9.11. The Labute approximate surface area is 141 Å². The van der Waals surface area contributed by atoms with Crippen LogP contribution in [0.1, 0.15) is 11.1 Å². The molecule has 0 spiro atoms. The van der Waals surface area contributed by atoms with Gasteiger partial charge in [-0.1, -0.05) is 40.2 Å². The van der Waals surface area contributed by atoms with E-state index < -0.39 is 10.0 Å². The van der Waals surface area contributed by atoms with Crippen molar-refractivity contribution >= 4 is 41.9 Å². The van der Waals surface area contributed by atoms with Gasteiger partial charge in [0.1, 0.15) is 0 Å². The van der Waals surface area contributed by atoms with E-state index in [-0.39, 0.29) is 11.4 Å². The Morgan fingerprint density at radius 3 is 2.33 bits per heavy atom. The number of halogens is 2. The van der Waals surface area contributed by atoms with Crippen LogP contribution >= 0.6 is 31.9 Å². The molecule has 0 atom stereocenters. The van der Waals surface area contributed by atoms with E-state index in [1.807, 2.05) is 24.3 Å². The van der Waals surface area contributed by atoms with E-state index in [1.54, 1.807) is 18.2 Å². The number of nitrogens with two attached hydrogens (primary N) is 1. The van der Waals surface area contributed by atoms with E-state index in [4.69, 9.17) is 5.73 Å². The molecule has 0 saturated heterocycles. The summed E-state index contributed by atoms with van der Waals surface area (Å²) in [6.45, 7) is 0.581. The van der Waals surface area contributed by atoms with Crippen LogP contribution in [-0.2, 0) is 23.1 Å². The topological polar surface area (TPSA) is 72.2 Å². The Hall–Kier alpha value is -0.730. The molecule has 112 valence electrons. The van der Waals surface area contributed by atoms with Crippen LogP contribution in [0.5, 0.6) is 0 Å². The van der Waals surface area contributed by atoms with Crippen molar-refractivity contribution < 1.29 is 8.42 Å². The quantitative estimate of drug-likeness (QED) is 0.760. The molecule has 0 unspecified atom stereocenters. The Morgan fingerprint density at radius 1 is 1.05 bits per heavy atom. The Kier molecular flexibility index (Phi) is 5.56. The molecule has 2 aromatic carbocycles. The van der Waals surface area contributed by atoms with Crippen molar-refractivity contribution in [3.63, 3.8) is 0 Å². The summed E-state index contributed by atoms with van der Waals surface area (Å²) < 4.78 is 28.6. The molecule has 0 amide bonds. The molecular weight excluding hydrogens is 420 g/mol. The summed E-state index contributed by atoms with van der Waals surface area (Å²) >= 11 is 6.57. The molecule has 2 aromatic rings. The second-order valence-corrected chi connectivity index (χ2v) is 7.88. The minimum absolute atomic E-state index is 0.205. The lowest BCUT2D eigenvalue weighted by molar-refractivity contribution is 0.580. The molecule has 0 saturated carbocycles. The van der Waals surface area contributed by atoms with E-state index in [0.717, 1.165) is 15.6 Å². The van der Waals surface area contributed by atoms with Crippen molar-refractivity contribution in [2.75, 3.05) is 0 Å². The lowest BCUT2D eigenvalue weighted by Crippen LogP contribution is -2.24. The van der Waals surface area contributed by atoms with Crippen LogP contribution in [0.4, 0.5) is 0 Å². The highest BCUT2D eigenvalue weighted by atomic mass is 79.9. The molecule has 0 aliphatic carbocycles. The standard InChI is InChI=1S/C14H14Br2N2O2S/c15-12-5-6-14(13(16)7-12)21(19,20)18-9-11-4-2-1-3-10(11)8-17/h1-7,18H,8-9,17H2. The Bertz CT molecular complexity index is 748. The van der Waals surface area contributed by atoms with Crippen LogP contribution < -0.4 is 10.5 Å². The molecule has 0 fully saturated rings. The SMILES string of the molecule is NCc1ccccc1CNS(=O)(=O)c1ccc(Br)cc1Br.